The molecule has 0 aromatic carbocycles. The average Bonchev–Trinajstić information content (AvgIpc) is 3.09. The van der Waals surface area contributed by atoms with Crippen LogP contribution in [-0.2, 0) is 4.74 Å². The van der Waals surface area contributed by atoms with Gasteiger partial charge in [0.1, 0.15) is 11.4 Å². The van der Waals surface area contributed by atoms with Gasteiger partial charge in [-0.05, 0) is 64.6 Å². The summed E-state index contributed by atoms with van der Waals surface area (Å²) in [5.41, 5.74) is 0.707. The second-order valence-corrected chi connectivity index (χ2v) is 8.24. The molecule has 1 aliphatic carbocycles. The minimum absolute atomic E-state index is 0.195. The highest BCUT2D eigenvalue weighted by Gasteiger charge is 2.32. The number of hydrogen-bond donors (Lipinski definition) is 1. The van der Waals surface area contributed by atoms with Crippen LogP contribution in [0.3, 0.4) is 0 Å². The smallest absolute Gasteiger partial charge is 0.416 e. The number of nitrogens with one attached hydrogen (secondary N) is 1. The number of pyridine rings is 1. The first-order valence-electron chi connectivity index (χ1n) is 9.65. The second-order valence-electron chi connectivity index (χ2n) is 8.24. The number of piperidine rings is 1. The zero-order valence-electron chi connectivity index (χ0n) is 15.8. The lowest BCUT2D eigenvalue weighted by atomic mass is 9.99. The molecule has 1 aromatic heterocycles. The Kier molecular flexibility index (Phi) is 5.62. The zero-order valence-corrected chi connectivity index (χ0v) is 15.8. The van der Waals surface area contributed by atoms with Crippen molar-refractivity contribution in [1.82, 2.24) is 10.3 Å². The van der Waals surface area contributed by atoms with Gasteiger partial charge in [0.05, 0.1) is 0 Å². The molecule has 3 rings (SSSR count). The summed E-state index contributed by atoms with van der Waals surface area (Å²) in [7, 11) is 0. The molecular weight excluding hydrogens is 314 g/mol. The zero-order chi connectivity index (χ0) is 17.9. The largest absolute Gasteiger partial charge is 0.443 e. The summed E-state index contributed by atoms with van der Waals surface area (Å²) in [4.78, 5) is 19.2. The maximum absolute atomic E-state index is 12.8. The molecule has 1 amide bonds. The molecule has 138 valence electrons. The number of amides is 1. The molecule has 0 spiro atoms. The monoisotopic (exact) mass is 345 g/mol. The van der Waals surface area contributed by atoms with Crippen molar-refractivity contribution < 1.29 is 9.53 Å². The van der Waals surface area contributed by atoms with Crippen molar-refractivity contribution in [3.05, 3.63) is 23.9 Å². The quantitative estimate of drug-likeness (QED) is 0.871. The fourth-order valence-corrected chi connectivity index (χ4v) is 3.79. The van der Waals surface area contributed by atoms with E-state index < -0.39 is 5.60 Å². The first-order chi connectivity index (χ1) is 11.9. The Labute approximate surface area is 151 Å². The van der Waals surface area contributed by atoms with Gasteiger partial charge in [0.2, 0.25) is 0 Å². The SMILES string of the molecule is CC(C)(C)OC(=O)N(c1ccc([C@H]2CCCCN2)cn1)C1CCCC1. The molecule has 2 fully saturated rings. The van der Waals surface area contributed by atoms with E-state index >= 15 is 0 Å². The van der Waals surface area contributed by atoms with Crippen LogP contribution in [-0.4, -0.2) is 29.3 Å². The molecule has 25 heavy (non-hydrogen) atoms. The standard InChI is InChI=1S/C20H31N3O2/c1-20(2,3)25-19(24)23(16-8-4-5-9-16)18-12-11-15(14-22-18)17-10-6-7-13-21-17/h11-12,14,16-17,21H,4-10,13H2,1-3H3/t17-/m1/s1. The minimum atomic E-state index is -0.500. The number of hydrogen-bond acceptors (Lipinski definition) is 4. The maximum Gasteiger partial charge on any atom is 0.416 e. The average molecular weight is 345 g/mol. The topological polar surface area (TPSA) is 54.5 Å². The van der Waals surface area contributed by atoms with E-state index in [1.165, 1.54) is 18.4 Å². The van der Waals surface area contributed by atoms with Crippen LogP contribution in [0.25, 0.3) is 0 Å². The van der Waals surface area contributed by atoms with Crippen LogP contribution in [0.5, 0.6) is 0 Å². The molecule has 1 saturated heterocycles. The van der Waals surface area contributed by atoms with Crippen molar-refractivity contribution in [2.45, 2.75) is 83.4 Å². The first kappa shape index (κ1) is 18.2. The molecule has 1 atom stereocenters. The lowest BCUT2D eigenvalue weighted by molar-refractivity contribution is 0.0564. The fraction of sp³-hybridized carbons (Fsp3) is 0.700. The molecule has 2 heterocycles. The van der Waals surface area contributed by atoms with Gasteiger partial charge in [-0.3, -0.25) is 4.90 Å². The highest BCUT2D eigenvalue weighted by molar-refractivity contribution is 5.87. The van der Waals surface area contributed by atoms with E-state index in [2.05, 4.69) is 16.4 Å². The molecule has 0 unspecified atom stereocenters. The van der Waals surface area contributed by atoms with Gasteiger partial charge in [-0.15, -0.1) is 0 Å². The minimum Gasteiger partial charge on any atom is -0.443 e. The summed E-state index contributed by atoms with van der Waals surface area (Å²) < 4.78 is 5.65. The predicted octanol–water partition coefficient (Wildman–Crippen LogP) is 4.58. The Balaban J connectivity index is 1.78. The lowest BCUT2D eigenvalue weighted by Crippen LogP contribution is -2.43. The summed E-state index contributed by atoms with van der Waals surface area (Å²) in [6.45, 7) is 6.79. The summed E-state index contributed by atoms with van der Waals surface area (Å²) >= 11 is 0. The Morgan fingerprint density at radius 2 is 1.88 bits per heavy atom. The molecule has 5 nitrogen and oxygen atoms in total. The molecule has 1 aromatic rings. The van der Waals surface area contributed by atoms with Gasteiger partial charge in [-0.2, -0.15) is 0 Å². The van der Waals surface area contributed by atoms with Gasteiger partial charge in [0, 0.05) is 18.3 Å². The van der Waals surface area contributed by atoms with Crippen LogP contribution < -0.4 is 10.2 Å². The molecule has 1 saturated carbocycles. The van der Waals surface area contributed by atoms with Crippen molar-refractivity contribution >= 4 is 11.9 Å². The van der Waals surface area contributed by atoms with E-state index in [0.29, 0.717) is 11.9 Å². The number of carbonyl (C=O) groups is 1. The van der Waals surface area contributed by atoms with Crippen molar-refractivity contribution in [3.8, 4) is 0 Å². The van der Waals surface area contributed by atoms with E-state index in [9.17, 15) is 4.79 Å². The van der Waals surface area contributed by atoms with Crippen molar-refractivity contribution in [2.24, 2.45) is 0 Å². The molecule has 0 radical (unpaired) electrons. The van der Waals surface area contributed by atoms with Crippen LogP contribution in [0.2, 0.25) is 0 Å². The van der Waals surface area contributed by atoms with E-state index in [-0.39, 0.29) is 12.1 Å². The Hall–Kier alpha value is -1.62. The third-order valence-electron chi connectivity index (χ3n) is 5.01. The van der Waals surface area contributed by atoms with Gasteiger partial charge >= 0.3 is 6.09 Å². The highest BCUT2D eigenvalue weighted by atomic mass is 16.6. The highest BCUT2D eigenvalue weighted by Crippen LogP contribution is 2.30. The molecule has 0 bridgehead atoms. The van der Waals surface area contributed by atoms with Gasteiger partial charge in [-0.25, -0.2) is 9.78 Å². The fourth-order valence-electron chi connectivity index (χ4n) is 3.79. The Morgan fingerprint density at radius 1 is 1.16 bits per heavy atom. The number of anilines is 1. The van der Waals surface area contributed by atoms with Crippen molar-refractivity contribution in [1.29, 1.82) is 0 Å². The molecule has 5 heteroatoms. The van der Waals surface area contributed by atoms with Crippen molar-refractivity contribution in [2.75, 3.05) is 11.4 Å². The van der Waals surface area contributed by atoms with Crippen LogP contribution in [0.1, 0.15) is 77.3 Å². The van der Waals surface area contributed by atoms with Gasteiger partial charge < -0.3 is 10.1 Å². The normalized spacial score (nSPS) is 22.0. The molecule has 2 aliphatic rings. The number of rotatable bonds is 3. The van der Waals surface area contributed by atoms with E-state index in [0.717, 1.165) is 38.6 Å². The third kappa shape index (κ3) is 4.72. The first-order valence-corrected chi connectivity index (χ1v) is 9.65. The molecule has 1 aliphatic heterocycles. The molecular formula is C20H31N3O2. The van der Waals surface area contributed by atoms with E-state index in [4.69, 9.17) is 4.74 Å². The van der Waals surface area contributed by atoms with E-state index in [1.807, 2.05) is 33.0 Å². The maximum atomic E-state index is 12.8. The summed E-state index contributed by atoms with van der Waals surface area (Å²) in [5.74, 6) is 0.709. The van der Waals surface area contributed by atoms with Gasteiger partial charge in [0.15, 0.2) is 0 Å². The Morgan fingerprint density at radius 3 is 2.44 bits per heavy atom. The number of carbonyl (C=O) groups excluding carboxylic acids is 1. The van der Waals surface area contributed by atoms with Crippen molar-refractivity contribution in [3.63, 3.8) is 0 Å². The van der Waals surface area contributed by atoms with Crippen LogP contribution in [0, 0.1) is 0 Å². The lowest BCUT2D eigenvalue weighted by Gasteiger charge is -2.31. The molecule has 1 N–H and O–H groups in total. The van der Waals surface area contributed by atoms with Crippen LogP contribution in [0.15, 0.2) is 18.3 Å². The summed E-state index contributed by atoms with van der Waals surface area (Å²) in [6, 6.07) is 4.67. The second kappa shape index (κ2) is 7.73. The van der Waals surface area contributed by atoms with Gasteiger partial charge in [0.25, 0.3) is 0 Å². The number of aromatic nitrogens is 1. The number of nitrogens with zero attached hydrogens (tertiary/aromatic N) is 2. The van der Waals surface area contributed by atoms with Gasteiger partial charge in [-0.1, -0.05) is 25.3 Å². The number of ether oxygens (including phenoxy) is 1. The van der Waals surface area contributed by atoms with E-state index in [1.54, 1.807) is 4.90 Å². The third-order valence-corrected chi connectivity index (χ3v) is 5.01. The summed E-state index contributed by atoms with van der Waals surface area (Å²) in [6.07, 6.45) is 9.66. The van der Waals surface area contributed by atoms with Crippen LogP contribution in [0.4, 0.5) is 10.6 Å². The van der Waals surface area contributed by atoms with Crippen LogP contribution >= 0.6 is 0 Å². The Bertz CT molecular complexity index is 568. The summed E-state index contributed by atoms with van der Waals surface area (Å²) in [5, 5.41) is 3.55. The predicted molar refractivity (Wildman–Crippen MR) is 99.8 cm³/mol.